The van der Waals surface area contributed by atoms with Crippen LogP contribution >= 0.6 is 0 Å². The molecular formula is C14H18O3. The van der Waals surface area contributed by atoms with E-state index in [0.717, 1.165) is 22.4 Å². The summed E-state index contributed by atoms with van der Waals surface area (Å²) in [5, 5.41) is 0. The van der Waals surface area contributed by atoms with Gasteiger partial charge in [0.25, 0.3) is 0 Å². The van der Waals surface area contributed by atoms with Crippen LogP contribution < -0.4 is 4.74 Å². The molecule has 0 aromatic heterocycles. The molecule has 1 aromatic carbocycles. The van der Waals surface area contributed by atoms with Gasteiger partial charge in [0.2, 0.25) is 0 Å². The Kier molecular flexibility index (Phi) is 4.76. The third kappa shape index (κ3) is 3.63. The first-order chi connectivity index (χ1) is 8.08. The molecule has 0 amide bonds. The van der Waals surface area contributed by atoms with Crippen molar-refractivity contribution in [3.63, 3.8) is 0 Å². The van der Waals surface area contributed by atoms with Gasteiger partial charge in [-0.15, -0.1) is 0 Å². The number of benzene rings is 1. The molecule has 0 aliphatic carbocycles. The van der Waals surface area contributed by atoms with Gasteiger partial charge in [-0.2, -0.15) is 0 Å². The van der Waals surface area contributed by atoms with Crippen LogP contribution in [0.2, 0.25) is 0 Å². The van der Waals surface area contributed by atoms with Crippen LogP contribution in [0, 0.1) is 13.8 Å². The molecule has 0 unspecified atom stereocenters. The number of ether oxygens (including phenoxy) is 2. The number of hydrogen-bond acceptors (Lipinski definition) is 3. The highest BCUT2D eigenvalue weighted by atomic mass is 16.5. The van der Waals surface area contributed by atoms with Crippen LogP contribution in [0.15, 0.2) is 18.2 Å². The number of rotatable bonds is 4. The van der Waals surface area contributed by atoms with Crippen molar-refractivity contribution in [1.29, 1.82) is 0 Å². The first-order valence-corrected chi connectivity index (χ1v) is 5.47. The summed E-state index contributed by atoms with van der Waals surface area (Å²) in [5.41, 5.74) is 3.29. The lowest BCUT2D eigenvalue weighted by Gasteiger charge is -2.08. The molecule has 1 rings (SSSR count). The monoisotopic (exact) mass is 234 g/mol. The molecule has 17 heavy (non-hydrogen) atoms. The summed E-state index contributed by atoms with van der Waals surface area (Å²) in [6.45, 7) is 4.01. The Hall–Kier alpha value is -1.77. The Morgan fingerprint density at radius 2 is 1.94 bits per heavy atom. The van der Waals surface area contributed by atoms with Crippen LogP contribution in [0.25, 0.3) is 6.08 Å². The Morgan fingerprint density at radius 1 is 1.24 bits per heavy atom. The molecule has 0 saturated carbocycles. The van der Waals surface area contributed by atoms with Crippen LogP contribution in [0.1, 0.15) is 23.1 Å². The highest BCUT2D eigenvalue weighted by Gasteiger charge is 2.02. The number of aryl methyl sites for hydroxylation is 2. The largest absolute Gasteiger partial charge is 0.496 e. The zero-order valence-electron chi connectivity index (χ0n) is 10.7. The predicted molar refractivity (Wildman–Crippen MR) is 68.1 cm³/mol. The fourth-order valence-corrected chi connectivity index (χ4v) is 1.58. The van der Waals surface area contributed by atoms with Crippen molar-refractivity contribution < 1.29 is 14.3 Å². The Balaban J connectivity index is 2.85. The van der Waals surface area contributed by atoms with Gasteiger partial charge in [-0.25, -0.2) is 0 Å². The summed E-state index contributed by atoms with van der Waals surface area (Å²) in [4.78, 5) is 11.0. The van der Waals surface area contributed by atoms with Crippen molar-refractivity contribution in [2.45, 2.75) is 20.3 Å². The standard InChI is InChI=1S/C14H18O3/c1-10-9-13(16-3)11(2)8-12(10)6-5-7-14(15)17-4/h5-6,8-9H,7H2,1-4H3. The van der Waals surface area contributed by atoms with Gasteiger partial charge < -0.3 is 9.47 Å². The SMILES string of the molecule is COC(=O)CC=Cc1cc(C)c(OC)cc1C. The quantitative estimate of drug-likeness (QED) is 0.751. The first kappa shape index (κ1) is 13.3. The minimum atomic E-state index is -0.232. The average molecular weight is 234 g/mol. The van der Waals surface area contributed by atoms with Crippen molar-refractivity contribution in [2.24, 2.45) is 0 Å². The van der Waals surface area contributed by atoms with Crippen LogP contribution in [0.5, 0.6) is 5.75 Å². The molecule has 0 fully saturated rings. The van der Waals surface area contributed by atoms with Gasteiger partial charge in [-0.1, -0.05) is 12.2 Å². The van der Waals surface area contributed by atoms with E-state index in [9.17, 15) is 4.79 Å². The molecule has 0 atom stereocenters. The van der Waals surface area contributed by atoms with Crippen LogP contribution in [-0.2, 0) is 9.53 Å². The molecule has 0 saturated heterocycles. The summed E-state index contributed by atoms with van der Waals surface area (Å²) in [5.74, 6) is 0.650. The summed E-state index contributed by atoms with van der Waals surface area (Å²) in [7, 11) is 3.05. The average Bonchev–Trinajstić information content (AvgIpc) is 2.32. The minimum Gasteiger partial charge on any atom is -0.496 e. The Bertz CT molecular complexity index is 433. The van der Waals surface area contributed by atoms with Gasteiger partial charge in [0.1, 0.15) is 5.75 Å². The molecule has 0 heterocycles. The second kappa shape index (κ2) is 6.09. The van der Waals surface area contributed by atoms with E-state index in [4.69, 9.17) is 4.74 Å². The number of carbonyl (C=O) groups excluding carboxylic acids is 1. The van der Waals surface area contributed by atoms with E-state index in [0.29, 0.717) is 6.42 Å². The van der Waals surface area contributed by atoms with Crippen molar-refractivity contribution >= 4 is 12.0 Å². The van der Waals surface area contributed by atoms with Gasteiger partial charge in [-0.05, 0) is 42.7 Å². The number of esters is 1. The topological polar surface area (TPSA) is 35.5 Å². The summed E-state index contributed by atoms with van der Waals surface area (Å²) < 4.78 is 9.81. The van der Waals surface area contributed by atoms with Gasteiger partial charge >= 0.3 is 5.97 Å². The molecule has 3 heteroatoms. The molecule has 0 aliphatic rings. The lowest BCUT2D eigenvalue weighted by molar-refractivity contribution is -0.139. The van der Waals surface area contributed by atoms with Gasteiger partial charge in [-0.3, -0.25) is 4.79 Å². The summed E-state index contributed by atoms with van der Waals surface area (Å²) in [6, 6.07) is 4.04. The van der Waals surface area contributed by atoms with Gasteiger partial charge in [0, 0.05) is 0 Å². The summed E-state index contributed by atoms with van der Waals surface area (Å²) >= 11 is 0. The second-order valence-corrected chi connectivity index (χ2v) is 3.86. The normalized spacial score (nSPS) is 10.6. The van der Waals surface area contributed by atoms with Gasteiger partial charge in [0.05, 0.1) is 20.6 Å². The predicted octanol–water partition coefficient (Wildman–Crippen LogP) is 2.89. The van der Waals surface area contributed by atoms with Crippen LogP contribution in [-0.4, -0.2) is 20.2 Å². The highest BCUT2D eigenvalue weighted by Crippen LogP contribution is 2.23. The lowest BCUT2D eigenvalue weighted by atomic mass is 10.0. The maximum absolute atomic E-state index is 11.0. The third-order valence-corrected chi connectivity index (χ3v) is 2.59. The van der Waals surface area contributed by atoms with Gasteiger partial charge in [0.15, 0.2) is 0 Å². The van der Waals surface area contributed by atoms with E-state index in [-0.39, 0.29) is 5.97 Å². The maximum Gasteiger partial charge on any atom is 0.309 e. The second-order valence-electron chi connectivity index (χ2n) is 3.86. The lowest BCUT2D eigenvalue weighted by Crippen LogP contribution is -1.96. The maximum atomic E-state index is 11.0. The van der Waals surface area contributed by atoms with Crippen molar-refractivity contribution in [1.82, 2.24) is 0 Å². The van der Waals surface area contributed by atoms with E-state index in [1.165, 1.54) is 7.11 Å². The smallest absolute Gasteiger partial charge is 0.309 e. The van der Waals surface area contributed by atoms with E-state index < -0.39 is 0 Å². The molecule has 0 spiro atoms. The van der Waals surface area contributed by atoms with Crippen LogP contribution in [0.4, 0.5) is 0 Å². The van der Waals surface area contributed by atoms with Crippen LogP contribution in [0.3, 0.4) is 0 Å². The molecule has 1 aromatic rings. The fraction of sp³-hybridized carbons (Fsp3) is 0.357. The molecule has 0 radical (unpaired) electrons. The zero-order valence-corrected chi connectivity index (χ0v) is 10.7. The Morgan fingerprint density at radius 3 is 2.53 bits per heavy atom. The Labute approximate surface area is 102 Å². The molecule has 0 N–H and O–H groups in total. The zero-order chi connectivity index (χ0) is 12.8. The molecule has 0 bridgehead atoms. The number of hydrogen-bond donors (Lipinski definition) is 0. The molecule has 92 valence electrons. The summed E-state index contributed by atoms with van der Waals surface area (Å²) in [6.07, 6.45) is 4.03. The fourth-order valence-electron chi connectivity index (χ4n) is 1.58. The van der Waals surface area contributed by atoms with E-state index in [1.54, 1.807) is 13.2 Å². The number of carbonyl (C=O) groups is 1. The van der Waals surface area contributed by atoms with Crippen molar-refractivity contribution in [2.75, 3.05) is 14.2 Å². The minimum absolute atomic E-state index is 0.232. The molecule has 0 aliphatic heterocycles. The molecular weight excluding hydrogens is 216 g/mol. The number of methoxy groups -OCH3 is 2. The third-order valence-electron chi connectivity index (χ3n) is 2.59. The van der Waals surface area contributed by atoms with Crippen molar-refractivity contribution in [3.8, 4) is 5.75 Å². The van der Waals surface area contributed by atoms with Crippen molar-refractivity contribution in [3.05, 3.63) is 34.9 Å². The first-order valence-electron chi connectivity index (χ1n) is 5.47. The highest BCUT2D eigenvalue weighted by molar-refractivity contribution is 5.72. The molecule has 3 nitrogen and oxygen atoms in total. The van der Waals surface area contributed by atoms with E-state index in [1.807, 2.05) is 32.1 Å². The van der Waals surface area contributed by atoms with E-state index >= 15 is 0 Å². The van der Waals surface area contributed by atoms with E-state index in [2.05, 4.69) is 4.74 Å².